The molecule has 2 aromatic carbocycles. The minimum absolute atomic E-state index is 0.0727. The Hall–Kier alpha value is -3.72. The van der Waals surface area contributed by atoms with E-state index in [4.69, 9.17) is 5.84 Å². The van der Waals surface area contributed by atoms with Crippen molar-refractivity contribution in [1.29, 1.82) is 0 Å². The summed E-state index contributed by atoms with van der Waals surface area (Å²) >= 11 is 0. The molecule has 0 aliphatic carbocycles. The Morgan fingerprint density at radius 3 is 2.41 bits per heavy atom. The molecule has 0 unspecified atom stereocenters. The zero-order valence-electron chi connectivity index (χ0n) is 19.3. The van der Waals surface area contributed by atoms with Crippen molar-refractivity contribution in [2.75, 3.05) is 37.6 Å². The van der Waals surface area contributed by atoms with Crippen LogP contribution in [0, 0.1) is 12.7 Å². The van der Waals surface area contributed by atoms with E-state index in [9.17, 15) is 14.7 Å². The molecule has 34 heavy (non-hydrogen) atoms. The minimum Gasteiger partial charge on any atom is -0.477 e. The van der Waals surface area contributed by atoms with Crippen LogP contribution in [0.3, 0.4) is 0 Å². The average molecular weight is 466 g/mol. The van der Waals surface area contributed by atoms with Gasteiger partial charge in [-0.3, -0.25) is 9.69 Å². The molecule has 0 spiro atoms. The fraction of sp³-hybridized carbons (Fsp3) is 0.320. The molecule has 3 aromatic rings. The van der Waals surface area contributed by atoms with E-state index in [0.29, 0.717) is 50.5 Å². The number of anilines is 1. The molecule has 0 atom stereocenters. The highest BCUT2D eigenvalue weighted by Gasteiger charge is 2.23. The molecule has 1 aliphatic rings. The molecule has 2 heterocycles. The van der Waals surface area contributed by atoms with Crippen LogP contribution in [0.2, 0.25) is 0 Å². The summed E-state index contributed by atoms with van der Waals surface area (Å²) in [6.07, 6.45) is 1.32. The first-order chi connectivity index (χ1) is 16.3. The van der Waals surface area contributed by atoms with Gasteiger partial charge in [0.05, 0.1) is 16.9 Å². The molecule has 9 heteroatoms. The first-order valence-corrected chi connectivity index (χ1v) is 11.2. The highest BCUT2D eigenvalue weighted by Crippen LogP contribution is 2.26. The third-order valence-electron chi connectivity index (χ3n) is 6.35. The number of halogens is 1. The largest absolute Gasteiger partial charge is 0.477 e. The van der Waals surface area contributed by atoms with E-state index < -0.39 is 17.2 Å². The number of carboxylic acid groups (broad SMARTS) is 1. The van der Waals surface area contributed by atoms with Crippen molar-refractivity contribution in [3.8, 4) is 0 Å². The van der Waals surface area contributed by atoms with Gasteiger partial charge in [0.2, 0.25) is 5.43 Å². The van der Waals surface area contributed by atoms with Crippen molar-refractivity contribution in [2.45, 2.75) is 20.4 Å². The van der Waals surface area contributed by atoms with Gasteiger partial charge in [0.15, 0.2) is 0 Å². The van der Waals surface area contributed by atoms with Crippen LogP contribution in [0.25, 0.3) is 10.9 Å². The zero-order valence-corrected chi connectivity index (χ0v) is 19.3. The van der Waals surface area contributed by atoms with E-state index in [0.717, 1.165) is 17.3 Å². The van der Waals surface area contributed by atoms with E-state index in [1.807, 2.05) is 43.0 Å². The van der Waals surface area contributed by atoms with Crippen LogP contribution in [0.5, 0.6) is 0 Å². The van der Waals surface area contributed by atoms with Gasteiger partial charge >= 0.3 is 5.97 Å². The third-order valence-corrected chi connectivity index (χ3v) is 6.35. The Bertz CT molecular complexity index is 1310. The first-order valence-electron chi connectivity index (χ1n) is 11.2. The minimum atomic E-state index is -1.32. The van der Waals surface area contributed by atoms with E-state index >= 15 is 4.39 Å². The van der Waals surface area contributed by atoms with Crippen LogP contribution < -0.4 is 16.2 Å². The summed E-state index contributed by atoms with van der Waals surface area (Å²) < 4.78 is 16.8. The molecule has 0 amide bonds. The van der Waals surface area contributed by atoms with Crippen molar-refractivity contribution in [2.24, 2.45) is 10.9 Å². The van der Waals surface area contributed by atoms with Crippen LogP contribution in [0.15, 0.2) is 52.5 Å². The van der Waals surface area contributed by atoms with Gasteiger partial charge in [-0.05, 0) is 31.5 Å². The van der Waals surface area contributed by atoms with Crippen molar-refractivity contribution in [3.63, 3.8) is 0 Å². The van der Waals surface area contributed by atoms with E-state index in [1.165, 1.54) is 11.8 Å². The van der Waals surface area contributed by atoms with E-state index in [1.54, 1.807) is 10.6 Å². The number of aryl methyl sites for hydroxylation is 2. The highest BCUT2D eigenvalue weighted by molar-refractivity contribution is 6.02. The summed E-state index contributed by atoms with van der Waals surface area (Å²) in [5, 5.41) is 13.4. The number of benzene rings is 2. The van der Waals surface area contributed by atoms with Crippen molar-refractivity contribution >= 4 is 28.3 Å². The van der Waals surface area contributed by atoms with Crippen molar-refractivity contribution < 1.29 is 14.3 Å². The summed E-state index contributed by atoms with van der Waals surface area (Å²) in [4.78, 5) is 28.2. The molecule has 3 N–H and O–H groups in total. The van der Waals surface area contributed by atoms with Crippen LogP contribution in [0.1, 0.15) is 28.4 Å². The molecular formula is C25H28FN5O3. The third kappa shape index (κ3) is 4.51. The topological polar surface area (TPSA) is 104 Å². The number of nitrogens with two attached hydrogens (primary N) is 1. The first kappa shape index (κ1) is 23.4. The number of pyridine rings is 1. The van der Waals surface area contributed by atoms with Gasteiger partial charge in [-0.15, -0.1) is 0 Å². The van der Waals surface area contributed by atoms with E-state index in [2.05, 4.69) is 10.0 Å². The van der Waals surface area contributed by atoms with Gasteiger partial charge < -0.3 is 20.4 Å². The lowest BCUT2D eigenvalue weighted by Crippen LogP contribution is -2.48. The molecule has 178 valence electrons. The van der Waals surface area contributed by atoms with Gasteiger partial charge in [0.25, 0.3) is 0 Å². The molecule has 1 aromatic heterocycles. The number of hydrogen-bond acceptors (Lipinski definition) is 6. The average Bonchev–Trinajstić information content (AvgIpc) is 2.83. The second-order valence-electron chi connectivity index (χ2n) is 8.49. The van der Waals surface area contributed by atoms with Crippen molar-refractivity contribution in [1.82, 2.24) is 9.47 Å². The van der Waals surface area contributed by atoms with Gasteiger partial charge in [-0.2, -0.15) is 5.10 Å². The summed E-state index contributed by atoms with van der Waals surface area (Å²) in [5.41, 5.74) is 2.84. The molecule has 8 nitrogen and oxygen atoms in total. The standard InChI is InChI=1S/C25H28FN5O3/c1-3-30-14-19(25(33)34)24(32)18-12-20(26)23(13-22(18)30)31-10-8-29(9-11-31)15-21(28-27)17-6-4-16(2)5-7-17/h4-7,12-14H,3,8-11,15,27H2,1-2H3,(H,33,34)/b28-21-. The fourth-order valence-corrected chi connectivity index (χ4v) is 4.37. The quantitative estimate of drug-likeness (QED) is 0.330. The van der Waals surface area contributed by atoms with Crippen LogP contribution >= 0.6 is 0 Å². The lowest BCUT2D eigenvalue weighted by molar-refractivity contribution is 0.0695. The number of fused-ring (bicyclic) bond motifs is 1. The summed E-state index contributed by atoms with van der Waals surface area (Å²) in [5.74, 6) is 3.80. The number of rotatable bonds is 6. The molecular weight excluding hydrogens is 437 g/mol. The molecule has 4 rings (SSSR count). The Labute approximate surface area is 196 Å². The maximum Gasteiger partial charge on any atom is 0.341 e. The number of piperazine rings is 1. The Morgan fingerprint density at radius 2 is 1.82 bits per heavy atom. The smallest absolute Gasteiger partial charge is 0.341 e. The molecule has 1 aliphatic heterocycles. The highest BCUT2D eigenvalue weighted by atomic mass is 19.1. The fourth-order valence-electron chi connectivity index (χ4n) is 4.37. The normalized spacial score (nSPS) is 15.1. The number of hydrogen-bond donors (Lipinski definition) is 2. The van der Waals surface area contributed by atoms with Gasteiger partial charge in [0.1, 0.15) is 11.4 Å². The molecule has 0 saturated carbocycles. The van der Waals surface area contributed by atoms with Crippen LogP contribution in [0.4, 0.5) is 10.1 Å². The van der Waals surface area contributed by atoms with Gasteiger partial charge in [0, 0.05) is 50.9 Å². The number of carboxylic acids is 1. The molecule has 1 fully saturated rings. The number of aromatic carboxylic acids is 1. The molecule has 1 saturated heterocycles. The monoisotopic (exact) mass is 465 g/mol. The maximum atomic E-state index is 15.1. The Morgan fingerprint density at radius 1 is 1.15 bits per heavy atom. The Balaban J connectivity index is 1.54. The SMILES string of the molecule is CCn1cc(C(=O)O)c(=O)c2cc(F)c(N3CCN(C/C(=N/N)c4ccc(C)cc4)CC3)cc21. The predicted octanol–water partition coefficient (Wildman–Crippen LogP) is 2.65. The van der Waals surface area contributed by atoms with Gasteiger partial charge in [-0.1, -0.05) is 29.8 Å². The van der Waals surface area contributed by atoms with Crippen LogP contribution in [-0.2, 0) is 6.54 Å². The van der Waals surface area contributed by atoms with Crippen molar-refractivity contribution in [3.05, 3.63) is 75.3 Å². The number of carbonyl (C=O) groups is 1. The van der Waals surface area contributed by atoms with E-state index in [-0.39, 0.29) is 10.9 Å². The second kappa shape index (κ2) is 9.64. The number of nitrogens with zero attached hydrogens (tertiary/aromatic N) is 4. The molecule has 0 radical (unpaired) electrons. The van der Waals surface area contributed by atoms with Gasteiger partial charge in [-0.25, -0.2) is 9.18 Å². The lowest BCUT2D eigenvalue weighted by atomic mass is 10.1. The Kier molecular flexibility index (Phi) is 6.65. The zero-order chi connectivity index (χ0) is 24.4. The number of aromatic nitrogens is 1. The van der Waals surface area contributed by atoms with Crippen LogP contribution in [-0.4, -0.2) is 59.0 Å². The summed E-state index contributed by atoms with van der Waals surface area (Å²) in [7, 11) is 0. The maximum absolute atomic E-state index is 15.1. The summed E-state index contributed by atoms with van der Waals surface area (Å²) in [6.45, 7) is 7.51. The summed E-state index contributed by atoms with van der Waals surface area (Å²) in [6, 6.07) is 10.9. The second-order valence-corrected chi connectivity index (χ2v) is 8.49. The predicted molar refractivity (Wildman–Crippen MR) is 131 cm³/mol. The number of hydrazone groups is 1. The lowest BCUT2D eigenvalue weighted by Gasteiger charge is -2.36. The molecule has 0 bridgehead atoms.